The number of aliphatic hydroxyl groups excluding tert-OH is 1. The van der Waals surface area contributed by atoms with Crippen LogP contribution in [0.1, 0.15) is 25.7 Å². The molecular weight excluding hydrogens is 290 g/mol. The number of pyridine rings is 1. The molecule has 2 atom stereocenters. The fraction of sp³-hybridized carbons (Fsp3) is 0.600. The number of hydrogen-bond donors (Lipinski definition) is 2. The van der Waals surface area contributed by atoms with Gasteiger partial charge in [0.2, 0.25) is 5.91 Å². The molecule has 1 aromatic heterocycles. The minimum absolute atomic E-state index is 0.0420. The first-order valence-electron chi connectivity index (χ1n) is 7.33. The number of halogens is 1. The lowest BCUT2D eigenvalue weighted by molar-refractivity contribution is -0.121. The van der Waals surface area contributed by atoms with Crippen LogP contribution in [0.5, 0.6) is 0 Å². The van der Waals surface area contributed by atoms with Gasteiger partial charge in [0.15, 0.2) is 0 Å². The Morgan fingerprint density at radius 3 is 2.90 bits per heavy atom. The van der Waals surface area contributed by atoms with E-state index in [1.807, 2.05) is 7.05 Å². The standard InChI is InChI=1S/C15H22ClN3O2/c1-19(14-7-6-12(16)8-17-14)9-15(21)18-13-5-3-2-4-11(13)10-20/h6-8,11,13,20H,2-5,9-10H2,1H3,(H,18,21). The summed E-state index contributed by atoms with van der Waals surface area (Å²) in [5, 5.41) is 13.0. The summed E-state index contributed by atoms with van der Waals surface area (Å²) in [6.45, 7) is 0.378. The Morgan fingerprint density at radius 2 is 2.24 bits per heavy atom. The molecule has 2 unspecified atom stereocenters. The van der Waals surface area contributed by atoms with E-state index in [1.165, 1.54) is 0 Å². The van der Waals surface area contributed by atoms with E-state index in [-0.39, 0.29) is 31.0 Å². The van der Waals surface area contributed by atoms with E-state index in [9.17, 15) is 9.90 Å². The summed E-state index contributed by atoms with van der Waals surface area (Å²) >= 11 is 5.80. The van der Waals surface area contributed by atoms with Gasteiger partial charge in [0, 0.05) is 31.8 Å². The summed E-state index contributed by atoms with van der Waals surface area (Å²) in [7, 11) is 1.82. The van der Waals surface area contributed by atoms with Crippen molar-refractivity contribution in [1.29, 1.82) is 0 Å². The minimum atomic E-state index is -0.0420. The predicted molar refractivity (Wildman–Crippen MR) is 83.5 cm³/mol. The Bertz CT molecular complexity index is 466. The molecule has 0 spiro atoms. The molecule has 0 bridgehead atoms. The number of nitrogens with zero attached hydrogens (tertiary/aromatic N) is 2. The molecule has 116 valence electrons. The van der Waals surface area contributed by atoms with Crippen LogP contribution in [0.4, 0.5) is 5.82 Å². The molecule has 1 fully saturated rings. The fourth-order valence-corrected chi connectivity index (χ4v) is 2.87. The van der Waals surface area contributed by atoms with E-state index in [0.717, 1.165) is 25.7 Å². The molecule has 1 amide bonds. The van der Waals surface area contributed by atoms with Crippen molar-refractivity contribution in [1.82, 2.24) is 10.3 Å². The van der Waals surface area contributed by atoms with Gasteiger partial charge in [-0.15, -0.1) is 0 Å². The molecule has 1 aliphatic carbocycles. The third-order valence-electron chi connectivity index (χ3n) is 3.97. The van der Waals surface area contributed by atoms with Crippen molar-refractivity contribution in [2.75, 3.05) is 25.1 Å². The largest absolute Gasteiger partial charge is 0.396 e. The molecule has 1 saturated carbocycles. The highest BCUT2D eigenvalue weighted by atomic mass is 35.5. The Hall–Kier alpha value is -1.33. The van der Waals surface area contributed by atoms with Crippen LogP contribution in [0, 0.1) is 5.92 Å². The van der Waals surface area contributed by atoms with Crippen LogP contribution in [0.25, 0.3) is 0 Å². The molecule has 21 heavy (non-hydrogen) atoms. The van der Waals surface area contributed by atoms with Gasteiger partial charge in [0.1, 0.15) is 5.82 Å². The molecule has 5 nitrogen and oxygen atoms in total. The van der Waals surface area contributed by atoms with E-state index < -0.39 is 0 Å². The highest BCUT2D eigenvalue weighted by Crippen LogP contribution is 2.24. The van der Waals surface area contributed by atoms with Crippen LogP contribution < -0.4 is 10.2 Å². The zero-order chi connectivity index (χ0) is 15.2. The highest BCUT2D eigenvalue weighted by Gasteiger charge is 2.26. The van der Waals surface area contributed by atoms with E-state index in [1.54, 1.807) is 23.2 Å². The molecule has 0 aromatic carbocycles. The number of likely N-dealkylation sites (N-methyl/N-ethyl adjacent to an activating group) is 1. The second-order valence-corrected chi connectivity index (χ2v) is 6.03. The van der Waals surface area contributed by atoms with Crippen LogP contribution in [0.2, 0.25) is 5.02 Å². The van der Waals surface area contributed by atoms with Gasteiger partial charge in [-0.25, -0.2) is 4.98 Å². The lowest BCUT2D eigenvalue weighted by Gasteiger charge is -2.31. The van der Waals surface area contributed by atoms with Gasteiger partial charge in [0.25, 0.3) is 0 Å². The van der Waals surface area contributed by atoms with E-state index in [2.05, 4.69) is 10.3 Å². The highest BCUT2D eigenvalue weighted by molar-refractivity contribution is 6.30. The molecular formula is C15H22ClN3O2. The van der Waals surface area contributed by atoms with Crippen molar-refractivity contribution in [3.8, 4) is 0 Å². The van der Waals surface area contributed by atoms with E-state index in [4.69, 9.17) is 11.6 Å². The van der Waals surface area contributed by atoms with Gasteiger partial charge in [0.05, 0.1) is 11.6 Å². The quantitative estimate of drug-likeness (QED) is 0.871. The van der Waals surface area contributed by atoms with E-state index in [0.29, 0.717) is 10.8 Å². The van der Waals surface area contributed by atoms with Crippen LogP contribution in [0.15, 0.2) is 18.3 Å². The van der Waals surface area contributed by atoms with Crippen LogP contribution >= 0.6 is 11.6 Å². The maximum atomic E-state index is 12.1. The predicted octanol–water partition coefficient (Wildman–Crippen LogP) is 1.84. The Morgan fingerprint density at radius 1 is 1.48 bits per heavy atom. The Labute approximate surface area is 130 Å². The number of amides is 1. The van der Waals surface area contributed by atoms with Gasteiger partial charge in [-0.1, -0.05) is 24.4 Å². The molecule has 0 aliphatic heterocycles. The average Bonchev–Trinajstić information content (AvgIpc) is 2.48. The number of anilines is 1. The van der Waals surface area contributed by atoms with E-state index >= 15 is 0 Å². The molecule has 1 aliphatic rings. The first-order valence-corrected chi connectivity index (χ1v) is 7.71. The van der Waals surface area contributed by atoms with Gasteiger partial charge >= 0.3 is 0 Å². The fourth-order valence-electron chi connectivity index (χ4n) is 2.76. The van der Waals surface area contributed by atoms with Crippen molar-refractivity contribution in [2.45, 2.75) is 31.7 Å². The lowest BCUT2D eigenvalue weighted by Crippen LogP contribution is -2.46. The van der Waals surface area contributed by atoms with Gasteiger partial charge in [-0.05, 0) is 25.0 Å². The SMILES string of the molecule is CN(CC(=O)NC1CCCCC1CO)c1ccc(Cl)cn1. The molecule has 2 N–H and O–H groups in total. The van der Waals surface area contributed by atoms with Crippen molar-refractivity contribution >= 4 is 23.3 Å². The number of carbonyl (C=O) groups excluding carboxylic acids is 1. The first kappa shape index (κ1) is 16.0. The normalized spacial score (nSPS) is 21.9. The molecule has 0 saturated heterocycles. The molecule has 1 heterocycles. The summed E-state index contributed by atoms with van der Waals surface area (Å²) in [4.78, 5) is 18.1. The maximum absolute atomic E-state index is 12.1. The van der Waals surface area contributed by atoms with Crippen molar-refractivity contribution in [2.24, 2.45) is 5.92 Å². The maximum Gasteiger partial charge on any atom is 0.239 e. The number of rotatable bonds is 5. The smallest absolute Gasteiger partial charge is 0.239 e. The number of aromatic nitrogens is 1. The third-order valence-corrected chi connectivity index (χ3v) is 4.20. The summed E-state index contributed by atoms with van der Waals surface area (Å²) in [5.74, 6) is 0.846. The number of nitrogens with one attached hydrogen (secondary N) is 1. The summed E-state index contributed by atoms with van der Waals surface area (Å²) < 4.78 is 0. The van der Waals surface area contributed by atoms with Gasteiger partial charge in [-0.2, -0.15) is 0 Å². The number of hydrogen-bond acceptors (Lipinski definition) is 4. The molecule has 6 heteroatoms. The molecule has 2 rings (SSSR count). The molecule has 1 aromatic rings. The lowest BCUT2D eigenvalue weighted by atomic mass is 9.85. The zero-order valence-electron chi connectivity index (χ0n) is 12.3. The molecule has 0 radical (unpaired) electrons. The van der Waals surface area contributed by atoms with Crippen molar-refractivity contribution < 1.29 is 9.90 Å². The number of aliphatic hydroxyl groups is 1. The summed E-state index contributed by atoms with van der Waals surface area (Å²) in [6, 6.07) is 3.62. The van der Waals surface area contributed by atoms with Crippen molar-refractivity contribution in [3.63, 3.8) is 0 Å². The first-order chi connectivity index (χ1) is 10.1. The summed E-state index contributed by atoms with van der Waals surface area (Å²) in [5.41, 5.74) is 0. The second-order valence-electron chi connectivity index (χ2n) is 5.59. The summed E-state index contributed by atoms with van der Waals surface area (Å²) in [6.07, 6.45) is 5.73. The van der Waals surface area contributed by atoms with Gasteiger partial charge < -0.3 is 15.3 Å². The average molecular weight is 312 g/mol. The third kappa shape index (κ3) is 4.58. The van der Waals surface area contributed by atoms with Crippen LogP contribution in [0.3, 0.4) is 0 Å². The Balaban J connectivity index is 1.87. The number of carbonyl (C=O) groups is 1. The second kappa shape index (κ2) is 7.61. The topological polar surface area (TPSA) is 65.5 Å². The minimum Gasteiger partial charge on any atom is -0.396 e. The Kier molecular flexibility index (Phi) is 5.82. The zero-order valence-corrected chi connectivity index (χ0v) is 13.0. The monoisotopic (exact) mass is 311 g/mol. The van der Waals surface area contributed by atoms with Crippen LogP contribution in [-0.2, 0) is 4.79 Å². The van der Waals surface area contributed by atoms with Gasteiger partial charge in [-0.3, -0.25) is 4.79 Å². The van der Waals surface area contributed by atoms with Crippen molar-refractivity contribution in [3.05, 3.63) is 23.4 Å². The van der Waals surface area contributed by atoms with Crippen LogP contribution in [-0.4, -0.2) is 42.2 Å².